The molecular formula is C12H15N3OS2. The molecule has 2 aromatic heterocycles. The minimum absolute atomic E-state index is 0.0576. The van der Waals surface area contributed by atoms with E-state index in [1.54, 1.807) is 11.3 Å². The van der Waals surface area contributed by atoms with Gasteiger partial charge in [-0.15, -0.1) is 11.3 Å². The second-order valence-electron chi connectivity index (χ2n) is 4.07. The fraction of sp³-hybridized carbons (Fsp3) is 0.333. The number of hydrogen-bond donors (Lipinski definition) is 1. The fourth-order valence-electron chi connectivity index (χ4n) is 1.28. The van der Waals surface area contributed by atoms with Crippen molar-refractivity contribution in [3.05, 3.63) is 23.2 Å². The summed E-state index contributed by atoms with van der Waals surface area (Å²) in [7, 11) is 0. The second kappa shape index (κ2) is 5.58. The summed E-state index contributed by atoms with van der Waals surface area (Å²) in [6.07, 6.45) is 0.0576. The molecule has 0 aromatic carbocycles. The largest absolute Gasteiger partial charge is 0.473 e. The summed E-state index contributed by atoms with van der Waals surface area (Å²) in [6.45, 7) is 5.88. The second-order valence-corrected chi connectivity index (χ2v) is 6.19. The van der Waals surface area contributed by atoms with Crippen molar-refractivity contribution >= 4 is 28.8 Å². The Bertz CT molecular complexity index is 540. The van der Waals surface area contributed by atoms with Gasteiger partial charge in [-0.25, -0.2) is 9.97 Å². The molecular weight excluding hydrogens is 266 g/mol. The van der Waals surface area contributed by atoms with Crippen LogP contribution in [0.2, 0.25) is 0 Å². The molecule has 18 heavy (non-hydrogen) atoms. The van der Waals surface area contributed by atoms with E-state index in [1.165, 1.54) is 11.8 Å². The highest BCUT2D eigenvalue weighted by Gasteiger charge is 2.09. The number of nitrogens with two attached hydrogens (primary N) is 1. The van der Waals surface area contributed by atoms with Gasteiger partial charge in [-0.2, -0.15) is 0 Å². The van der Waals surface area contributed by atoms with Gasteiger partial charge in [0.2, 0.25) is 5.88 Å². The molecule has 6 heteroatoms. The number of anilines is 1. The molecule has 2 heterocycles. The van der Waals surface area contributed by atoms with E-state index in [-0.39, 0.29) is 6.10 Å². The predicted molar refractivity (Wildman–Crippen MR) is 75.4 cm³/mol. The molecule has 0 atom stereocenters. The normalized spacial score (nSPS) is 10.9. The molecule has 4 nitrogen and oxygen atoms in total. The highest BCUT2D eigenvalue weighted by Crippen LogP contribution is 2.31. The Morgan fingerprint density at radius 1 is 1.33 bits per heavy atom. The van der Waals surface area contributed by atoms with Crippen LogP contribution in [0.5, 0.6) is 5.88 Å². The topological polar surface area (TPSA) is 61.0 Å². The highest BCUT2D eigenvalue weighted by molar-refractivity contribution is 8.01. The van der Waals surface area contributed by atoms with Gasteiger partial charge in [0, 0.05) is 11.1 Å². The molecule has 0 saturated heterocycles. The van der Waals surface area contributed by atoms with E-state index >= 15 is 0 Å². The Kier molecular flexibility index (Phi) is 4.08. The molecule has 96 valence electrons. The van der Waals surface area contributed by atoms with Gasteiger partial charge in [0.25, 0.3) is 0 Å². The van der Waals surface area contributed by atoms with Crippen LogP contribution in [0, 0.1) is 6.92 Å². The Hall–Kier alpha value is -1.27. The molecule has 0 unspecified atom stereocenters. The quantitative estimate of drug-likeness (QED) is 0.931. The molecule has 0 aliphatic carbocycles. The third kappa shape index (κ3) is 3.36. The van der Waals surface area contributed by atoms with Crippen molar-refractivity contribution in [3.63, 3.8) is 0 Å². The van der Waals surface area contributed by atoms with Crippen LogP contribution in [-0.4, -0.2) is 16.1 Å². The molecule has 2 N–H and O–H groups in total. The first-order valence-electron chi connectivity index (χ1n) is 5.58. The zero-order valence-corrected chi connectivity index (χ0v) is 12.1. The summed E-state index contributed by atoms with van der Waals surface area (Å²) in [4.78, 5) is 8.79. The monoisotopic (exact) mass is 281 g/mol. The third-order valence-corrected chi connectivity index (χ3v) is 3.99. The number of thiazole rings is 1. The van der Waals surface area contributed by atoms with Gasteiger partial charge in [0.1, 0.15) is 5.03 Å². The van der Waals surface area contributed by atoms with E-state index in [9.17, 15) is 0 Å². The van der Waals surface area contributed by atoms with Crippen LogP contribution in [-0.2, 0) is 0 Å². The van der Waals surface area contributed by atoms with Crippen LogP contribution in [0.25, 0.3) is 0 Å². The maximum Gasteiger partial charge on any atom is 0.238 e. The Balaban J connectivity index is 2.18. The Labute approximate surface area is 115 Å². The van der Waals surface area contributed by atoms with E-state index in [2.05, 4.69) is 9.97 Å². The van der Waals surface area contributed by atoms with Gasteiger partial charge in [-0.3, -0.25) is 0 Å². The molecule has 0 spiro atoms. The van der Waals surface area contributed by atoms with Crippen LogP contribution in [0.4, 0.5) is 5.69 Å². The summed E-state index contributed by atoms with van der Waals surface area (Å²) < 4.78 is 6.53. The van der Waals surface area contributed by atoms with Crippen LogP contribution in [0.1, 0.15) is 19.5 Å². The molecule has 0 bridgehead atoms. The van der Waals surface area contributed by atoms with Crippen molar-refractivity contribution in [3.8, 4) is 5.88 Å². The first-order chi connectivity index (χ1) is 8.54. The maximum atomic E-state index is 5.83. The van der Waals surface area contributed by atoms with E-state index < -0.39 is 0 Å². The smallest absolute Gasteiger partial charge is 0.238 e. The number of hydrogen-bond acceptors (Lipinski definition) is 6. The number of nitrogens with zero attached hydrogens (tertiary/aromatic N) is 2. The highest BCUT2D eigenvalue weighted by atomic mass is 32.2. The average molecular weight is 281 g/mol. The summed E-state index contributed by atoms with van der Waals surface area (Å²) in [5, 5.41) is 2.86. The van der Waals surface area contributed by atoms with Gasteiger partial charge in [0.05, 0.1) is 11.8 Å². The van der Waals surface area contributed by atoms with Gasteiger partial charge >= 0.3 is 0 Å². The molecule has 0 fully saturated rings. The Morgan fingerprint density at radius 3 is 2.72 bits per heavy atom. The third-order valence-electron chi connectivity index (χ3n) is 2.00. The zero-order chi connectivity index (χ0) is 13.1. The van der Waals surface area contributed by atoms with Crippen molar-refractivity contribution in [1.82, 2.24) is 9.97 Å². The van der Waals surface area contributed by atoms with Gasteiger partial charge < -0.3 is 10.5 Å². The number of ether oxygens (including phenoxy) is 1. The lowest BCUT2D eigenvalue weighted by atomic mass is 10.4. The molecule has 0 saturated carbocycles. The van der Waals surface area contributed by atoms with Crippen LogP contribution in [0.15, 0.2) is 26.9 Å². The molecule has 0 aliphatic heterocycles. The number of pyridine rings is 1. The summed E-state index contributed by atoms with van der Waals surface area (Å²) in [5.74, 6) is 0.489. The van der Waals surface area contributed by atoms with Crippen molar-refractivity contribution in [1.29, 1.82) is 0 Å². The van der Waals surface area contributed by atoms with Gasteiger partial charge in [0.15, 0.2) is 4.34 Å². The number of nitrogen functional groups attached to an aromatic ring is 1. The van der Waals surface area contributed by atoms with Crippen LogP contribution in [0.3, 0.4) is 0 Å². The minimum atomic E-state index is 0.0576. The van der Waals surface area contributed by atoms with E-state index in [0.717, 1.165) is 15.1 Å². The summed E-state index contributed by atoms with van der Waals surface area (Å²) in [5.41, 5.74) is 7.41. The van der Waals surface area contributed by atoms with Crippen molar-refractivity contribution < 1.29 is 4.74 Å². The zero-order valence-electron chi connectivity index (χ0n) is 10.5. The van der Waals surface area contributed by atoms with Crippen LogP contribution < -0.4 is 10.5 Å². The fourth-order valence-corrected chi connectivity index (χ4v) is 3.02. The molecule has 0 radical (unpaired) electrons. The minimum Gasteiger partial charge on any atom is -0.473 e. The maximum absolute atomic E-state index is 5.83. The lowest BCUT2D eigenvalue weighted by molar-refractivity contribution is 0.232. The van der Waals surface area contributed by atoms with E-state index in [4.69, 9.17) is 10.5 Å². The van der Waals surface area contributed by atoms with Crippen molar-refractivity contribution in [2.24, 2.45) is 0 Å². The summed E-state index contributed by atoms with van der Waals surface area (Å²) >= 11 is 3.13. The van der Waals surface area contributed by atoms with E-state index in [0.29, 0.717) is 11.6 Å². The molecule has 2 rings (SSSR count). The number of aryl methyl sites for hydroxylation is 1. The SMILES string of the molecule is Cc1csc(Sc2ccc(N)c(OC(C)C)n2)n1. The van der Waals surface area contributed by atoms with Crippen molar-refractivity contribution in [2.45, 2.75) is 36.2 Å². The standard InChI is InChI=1S/C12H15N3OS2/c1-7(2)16-11-9(13)4-5-10(15-11)18-12-14-8(3)6-17-12/h4-7H,13H2,1-3H3. The molecule has 0 amide bonds. The predicted octanol–water partition coefficient (Wildman–Crippen LogP) is 3.37. The first kappa shape index (κ1) is 13.2. The lowest BCUT2D eigenvalue weighted by Crippen LogP contribution is -2.09. The van der Waals surface area contributed by atoms with Gasteiger partial charge in [-0.1, -0.05) is 0 Å². The van der Waals surface area contributed by atoms with Crippen LogP contribution >= 0.6 is 23.1 Å². The van der Waals surface area contributed by atoms with Crippen molar-refractivity contribution in [2.75, 3.05) is 5.73 Å². The van der Waals surface area contributed by atoms with E-state index in [1.807, 2.05) is 38.3 Å². The van der Waals surface area contributed by atoms with Gasteiger partial charge in [-0.05, 0) is 44.7 Å². The lowest BCUT2D eigenvalue weighted by Gasteiger charge is -2.11. The first-order valence-corrected chi connectivity index (χ1v) is 7.27. The summed E-state index contributed by atoms with van der Waals surface area (Å²) in [6, 6.07) is 3.69. The number of aromatic nitrogens is 2. The Morgan fingerprint density at radius 2 is 2.11 bits per heavy atom. The number of rotatable bonds is 4. The molecule has 2 aromatic rings. The average Bonchev–Trinajstić information content (AvgIpc) is 2.68. The molecule has 0 aliphatic rings.